The summed E-state index contributed by atoms with van der Waals surface area (Å²) >= 11 is 0. The molecule has 0 aliphatic heterocycles. The second-order valence-electron chi connectivity index (χ2n) is 17.1. The van der Waals surface area contributed by atoms with Gasteiger partial charge in [0.05, 0.1) is 11.0 Å². The summed E-state index contributed by atoms with van der Waals surface area (Å²) in [4.78, 5) is 12.3. The Balaban J connectivity index is 0.882. The Morgan fingerprint density at radius 3 is 1.20 bits per heavy atom. The van der Waals surface area contributed by atoms with Crippen molar-refractivity contribution in [1.29, 1.82) is 0 Å². The van der Waals surface area contributed by atoms with Crippen LogP contribution in [0.1, 0.15) is 0 Å². The lowest BCUT2D eigenvalue weighted by Gasteiger charge is -2.26. The van der Waals surface area contributed by atoms with E-state index in [-0.39, 0.29) is 0 Å². The van der Waals surface area contributed by atoms with Gasteiger partial charge in [0.15, 0.2) is 0 Å². The molecule has 0 saturated heterocycles. The summed E-state index contributed by atoms with van der Waals surface area (Å²) < 4.78 is 0. The Kier molecular flexibility index (Phi) is 8.53. The summed E-state index contributed by atoms with van der Waals surface area (Å²) in [5.41, 5.74) is 12.2. The molecule has 2 heterocycles. The molecule has 3 heteroatoms. The lowest BCUT2D eigenvalue weighted by molar-refractivity contribution is 1.29. The number of hydrogen-bond acceptors (Lipinski definition) is 3. The molecule has 0 aliphatic carbocycles. The molecule has 0 N–H and O–H groups in total. The Morgan fingerprint density at radius 2 is 0.615 bits per heavy atom. The topological polar surface area (TPSA) is 29.0 Å². The van der Waals surface area contributed by atoms with E-state index in [0.717, 1.165) is 61.1 Å². The third-order valence-electron chi connectivity index (χ3n) is 13.2. The van der Waals surface area contributed by atoms with Crippen molar-refractivity contribution in [3.63, 3.8) is 0 Å². The molecule has 65 heavy (non-hydrogen) atoms. The highest BCUT2D eigenvalue weighted by atomic mass is 15.1. The van der Waals surface area contributed by atoms with Crippen LogP contribution in [0.25, 0.3) is 109 Å². The van der Waals surface area contributed by atoms with Crippen LogP contribution in [-0.4, -0.2) is 9.97 Å². The summed E-state index contributed by atoms with van der Waals surface area (Å²) in [5.74, 6) is 0. The van der Waals surface area contributed by atoms with Crippen LogP contribution >= 0.6 is 0 Å². The van der Waals surface area contributed by atoms with Crippen molar-refractivity contribution in [1.82, 2.24) is 9.97 Å². The van der Waals surface area contributed by atoms with Crippen LogP contribution in [0.3, 0.4) is 0 Å². The fourth-order valence-corrected chi connectivity index (χ4v) is 9.86. The lowest BCUT2D eigenvalue weighted by Crippen LogP contribution is -2.09. The van der Waals surface area contributed by atoms with Crippen LogP contribution in [0.15, 0.2) is 237 Å². The first-order chi connectivity index (χ1) is 32.2. The first kappa shape index (κ1) is 36.9. The highest BCUT2D eigenvalue weighted by molar-refractivity contribution is 6.10. The van der Waals surface area contributed by atoms with Crippen LogP contribution in [0.5, 0.6) is 0 Å². The van der Waals surface area contributed by atoms with Gasteiger partial charge in [0.1, 0.15) is 0 Å². The number of anilines is 3. The smallest absolute Gasteiger partial charge is 0.0780 e. The van der Waals surface area contributed by atoms with Gasteiger partial charge in [-0.3, -0.25) is 9.97 Å². The molecule has 0 bridgehead atoms. The molecule has 2 aromatic heterocycles. The summed E-state index contributed by atoms with van der Waals surface area (Å²) in [6, 6.07) is 81.5. The van der Waals surface area contributed by atoms with Crippen LogP contribution in [0, 0.1) is 0 Å². The van der Waals surface area contributed by atoms with Gasteiger partial charge in [0.2, 0.25) is 0 Å². The van der Waals surface area contributed by atoms with Gasteiger partial charge in [-0.25, -0.2) is 0 Å². The zero-order valence-electron chi connectivity index (χ0n) is 35.4. The van der Waals surface area contributed by atoms with E-state index in [0.29, 0.717) is 0 Å². The highest BCUT2D eigenvalue weighted by Crippen LogP contribution is 2.40. The number of nitrogens with zero attached hydrogens (tertiary/aromatic N) is 3. The number of aromatic nitrogens is 2. The fourth-order valence-electron chi connectivity index (χ4n) is 9.86. The van der Waals surface area contributed by atoms with E-state index in [9.17, 15) is 0 Å². The number of benzene rings is 11. The second-order valence-corrected chi connectivity index (χ2v) is 17.1. The van der Waals surface area contributed by atoms with Gasteiger partial charge in [0, 0.05) is 62.1 Å². The lowest BCUT2D eigenvalue weighted by atomic mass is 9.96. The van der Waals surface area contributed by atoms with Crippen LogP contribution in [-0.2, 0) is 0 Å². The molecule has 0 aliphatic rings. The van der Waals surface area contributed by atoms with Gasteiger partial charge in [-0.2, -0.15) is 0 Å². The normalized spacial score (nSPS) is 11.7. The molecule has 302 valence electrons. The molecule has 0 saturated carbocycles. The van der Waals surface area contributed by atoms with Crippen molar-refractivity contribution in [2.45, 2.75) is 0 Å². The number of fused-ring (bicyclic) bond motifs is 10. The predicted octanol–water partition coefficient (Wildman–Crippen LogP) is 17.0. The molecule has 13 aromatic rings. The molecule has 0 fully saturated rings. The van der Waals surface area contributed by atoms with E-state index in [4.69, 9.17) is 9.97 Å². The quantitative estimate of drug-likeness (QED) is 0.156. The molecule has 13 rings (SSSR count). The molecule has 0 radical (unpaired) electrons. The molecule has 0 unspecified atom stereocenters. The SMILES string of the molecule is c1ccc2cc(-c3ccc4c(ccc5cc(N(c6ccc(-c7cnc8c(ccc9ccccc98)c7)cc6)c6ccc(-c7cnc8c(ccc9ccccc98)c7)cc6)ccc54)c3)ccc2c1. The van der Waals surface area contributed by atoms with Crippen molar-refractivity contribution in [3.8, 4) is 33.4 Å². The third kappa shape index (κ3) is 6.44. The molecule has 0 amide bonds. The van der Waals surface area contributed by atoms with Crippen molar-refractivity contribution < 1.29 is 0 Å². The minimum atomic E-state index is 1.03. The Labute approximate surface area is 376 Å². The van der Waals surface area contributed by atoms with E-state index in [1.54, 1.807) is 0 Å². The monoisotopic (exact) mass is 825 g/mol. The van der Waals surface area contributed by atoms with E-state index in [1.807, 2.05) is 12.4 Å². The zero-order valence-corrected chi connectivity index (χ0v) is 35.4. The van der Waals surface area contributed by atoms with Gasteiger partial charge >= 0.3 is 0 Å². The second kappa shape index (κ2) is 15.0. The third-order valence-corrected chi connectivity index (χ3v) is 13.2. The average molecular weight is 826 g/mol. The maximum absolute atomic E-state index is 4.97. The summed E-state index contributed by atoms with van der Waals surface area (Å²) in [5, 5.41) is 14.4. The van der Waals surface area contributed by atoms with Crippen LogP contribution in [0.2, 0.25) is 0 Å². The minimum absolute atomic E-state index is 1.03. The van der Waals surface area contributed by atoms with E-state index < -0.39 is 0 Å². The molecule has 0 spiro atoms. The minimum Gasteiger partial charge on any atom is -0.310 e. The van der Waals surface area contributed by atoms with Crippen molar-refractivity contribution in [2.24, 2.45) is 0 Å². The van der Waals surface area contributed by atoms with Crippen LogP contribution in [0.4, 0.5) is 17.1 Å². The first-order valence-corrected chi connectivity index (χ1v) is 22.2. The van der Waals surface area contributed by atoms with E-state index in [2.05, 4.69) is 229 Å². The Bertz CT molecular complexity index is 3840. The molecular formula is C62H39N3. The van der Waals surface area contributed by atoms with Crippen LogP contribution < -0.4 is 4.90 Å². The average Bonchev–Trinajstić information content (AvgIpc) is 3.38. The first-order valence-electron chi connectivity index (χ1n) is 22.2. The molecule has 11 aromatic carbocycles. The fraction of sp³-hybridized carbons (Fsp3) is 0. The van der Waals surface area contributed by atoms with Gasteiger partial charge in [0.25, 0.3) is 0 Å². The summed E-state index contributed by atoms with van der Waals surface area (Å²) in [7, 11) is 0. The zero-order chi connectivity index (χ0) is 42.8. The van der Waals surface area contributed by atoms with Crippen molar-refractivity contribution in [3.05, 3.63) is 237 Å². The van der Waals surface area contributed by atoms with Gasteiger partial charge in [-0.05, 0) is 126 Å². The molecule has 3 nitrogen and oxygen atoms in total. The number of rotatable bonds is 6. The van der Waals surface area contributed by atoms with Crippen molar-refractivity contribution in [2.75, 3.05) is 4.90 Å². The summed E-state index contributed by atoms with van der Waals surface area (Å²) in [6.07, 6.45) is 4.01. The number of pyridine rings is 2. The number of hydrogen-bond donors (Lipinski definition) is 0. The summed E-state index contributed by atoms with van der Waals surface area (Å²) in [6.45, 7) is 0. The molecule has 0 atom stereocenters. The van der Waals surface area contributed by atoms with E-state index >= 15 is 0 Å². The maximum Gasteiger partial charge on any atom is 0.0780 e. The van der Waals surface area contributed by atoms with Crippen molar-refractivity contribution >= 4 is 92.7 Å². The predicted molar refractivity (Wildman–Crippen MR) is 276 cm³/mol. The molecular weight excluding hydrogens is 787 g/mol. The van der Waals surface area contributed by atoms with Gasteiger partial charge in [-0.1, -0.05) is 164 Å². The maximum atomic E-state index is 4.97. The Morgan fingerprint density at radius 1 is 0.231 bits per heavy atom. The largest absolute Gasteiger partial charge is 0.310 e. The van der Waals surface area contributed by atoms with Gasteiger partial charge < -0.3 is 4.90 Å². The standard InChI is InChI=1S/C62H39N3/c1-2-10-45-33-46(16-13-40(45)7-1)47-25-31-57-48(34-47)17-18-49-37-56(30-32-58(49)57)65(54-26-21-41(22-27-54)52-35-50-19-14-43-8-3-5-11-59(43)61(50)63-38-52)55-28-23-42(24-29-55)53-36-51-20-15-44-9-4-6-12-60(44)62(51)64-39-53/h1-39H. The Hall–Kier alpha value is -8.66. The van der Waals surface area contributed by atoms with E-state index in [1.165, 1.54) is 65.0 Å². The highest BCUT2D eigenvalue weighted by Gasteiger charge is 2.16. The van der Waals surface area contributed by atoms with Gasteiger partial charge in [-0.15, -0.1) is 0 Å².